The van der Waals surface area contributed by atoms with Crippen molar-refractivity contribution in [3.05, 3.63) is 0 Å². The average molecular weight is 227 g/mol. The molecule has 0 spiro atoms. The van der Waals surface area contributed by atoms with Gasteiger partial charge in [0.05, 0.1) is 19.1 Å². The molecule has 0 saturated carbocycles. The van der Waals surface area contributed by atoms with Crippen molar-refractivity contribution in [2.45, 2.75) is 45.3 Å². The Balaban J connectivity index is 2.00. The summed E-state index contributed by atoms with van der Waals surface area (Å²) in [6.45, 7) is 8.85. The molecule has 1 amide bonds. The lowest BCUT2D eigenvalue weighted by atomic mass is 9.92. The van der Waals surface area contributed by atoms with Crippen LogP contribution in [0.2, 0.25) is 0 Å². The molecule has 4 heteroatoms. The number of nitrogens with two attached hydrogens (primary N) is 1. The van der Waals surface area contributed by atoms with Crippen molar-refractivity contribution in [3.63, 3.8) is 0 Å². The zero-order valence-corrected chi connectivity index (χ0v) is 10.5. The predicted molar refractivity (Wildman–Crippen MR) is 61.1 cm³/mol. The van der Waals surface area contributed by atoms with Gasteiger partial charge in [0.2, 0.25) is 0 Å². The maximum atomic E-state index is 12.0. The molecule has 0 radical (unpaired) electrons. The van der Waals surface area contributed by atoms with Crippen molar-refractivity contribution in [2.24, 2.45) is 5.92 Å². The maximum Gasteiger partial charge on any atom is 0.410 e. The van der Waals surface area contributed by atoms with E-state index in [0.717, 1.165) is 19.5 Å². The molecule has 4 nitrogen and oxygen atoms in total. The van der Waals surface area contributed by atoms with E-state index in [2.05, 4.69) is 5.32 Å². The van der Waals surface area contributed by atoms with Gasteiger partial charge in [0.15, 0.2) is 0 Å². The van der Waals surface area contributed by atoms with Crippen molar-refractivity contribution in [3.8, 4) is 0 Å². The summed E-state index contributed by atoms with van der Waals surface area (Å²) in [6, 6.07) is 0.406. The molecule has 0 unspecified atom stereocenters. The van der Waals surface area contributed by atoms with E-state index in [1.54, 1.807) is 0 Å². The molecule has 2 N–H and O–H groups in total. The molecule has 2 rings (SSSR count). The zero-order valence-electron chi connectivity index (χ0n) is 10.5. The van der Waals surface area contributed by atoms with Crippen LogP contribution in [0.5, 0.6) is 0 Å². The molecule has 92 valence electrons. The molecule has 2 heterocycles. The van der Waals surface area contributed by atoms with Crippen molar-refractivity contribution >= 4 is 6.09 Å². The fourth-order valence-electron chi connectivity index (χ4n) is 2.76. The number of rotatable bonds is 0. The molecular formula is C12H23N2O2+. The molecule has 2 saturated heterocycles. The third-order valence-corrected chi connectivity index (χ3v) is 3.42. The van der Waals surface area contributed by atoms with Gasteiger partial charge in [-0.1, -0.05) is 0 Å². The average Bonchev–Trinajstić information content (AvgIpc) is 2.61. The molecule has 2 fully saturated rings. The monoisotopic (exact) mass is 227 g/mol. The summed E-state index contributed by atoms with van der Waals surface area (Å²) in [6.07, 6.45) is 2.26. The molecule has 0 aromatic rings. The summed E-state index contributed by atoms with van der Waals surface area (Å²) >= 11 is 0. The van der Waals surface area contributed by atoms with E-state index in [-0.39, 0.29) is 11.7 Å². The molecule has 0 aliphatic carbocycles. The fourth-order valence-corrected chi connectivity index (χ4v) is 2.76. The van der Waals surface area contributed by atoms with Crippen LogP contribution in [0.4, 0.5) is 4.79 Å². The summed E-state index contributed by atoms with van der Waals surface area (Å²) in [5.41, 5.74) is -0.383. The number of fused-ring (bicyclic) bond motifs is 1. The zero-order chi connectivity index (χ0) is 11.8. The highest BCUT2D eigenvalue weighted by Gasteiger charge is 2.41. The standard InChI is InChI=1S/C12H22N2O2/c1-12(2,3)16-11(15)14-6-4-5-9-7-13-8-10(9)14/h9-10,13H,4-8H2,1-3H3/p+1/t9-,10-/m0/s1. The number of hydrogen-bond acceptors (Lipinski definition) is 2. The van der Waals surface area contributed by atoms with Gasteiger partial charge < -0.3 is 10.1 Å². The summed E-state index contributed by atoms with van der Waals surface area (Å²) in [5.74, 6) is 0.682. The number of ether oxygens (including phenoxy) is 1. The van der Waals surface area contributed by atoms with Crippen molar-refractivity contribution in [1.29, 1.82) is 0 Å². The van der Waals surface area contributed by atoms with Gasteiger partial charge in [-0.05, 0) is 33.6 Å². The minimum atomic E-state index is -0.383. The Hall–Kier alpha value is -0.770. The lowest BCUT2D eigenvalue weighted by Gasteiger charge is -2.36. The SMILES string of the molecule is CC(C)(C)OC(=O)N1CCC[C@H]2C[NH2+]C[C@@H]21. The van der Waals surface area contributed by atoms with Crippen molar-refractivity contribution in [1.82, 2.24) is 4.90 Å². The van der Waals surface area contributed by atoms with Gasteiger partial charge in [-0.2, -0.15) is 0 Å². The quantitative estimate of drug-likeness (QED) is 0.658. The van der Waals surface area contributed by atoms with Crippen LogP contribution >= 0.6 is 0 Å². The van der Waals surface area contributed by atoms with Gasteiger partial charge in [-0.25, -0.2) is 4.79 Å². The third-order valence-electron chi connectivity index (χ3n) is 3.42. The first kappa shape index (κ1) is 11.7. The van der Waals surface area contributed by atoms with Crippen LogP contribution in [-0.4, -0.2) is 42.3 Å². The summed E-state index contributed by atoms with van der Waals surface area (Å²) in [5, 5.41) is 2.32. The van der Waals surface area contributed by atoms with Crippen LogP contribution < -0.4 is 5.32 Å². The second-order valence-corrected chi connectivity index (χ2v) is 5.90. The first-order chi connectivity index (χ1) is 7.47. The summed E-state index contributed by atoms with van der Waals surface area (Å²) in [4.78, 5) is 14.0. The number of carbonyl (C=O) groups is 1. The van der Waals surface area contributed by atoms with Crippen molar-refractivity contribution < 1.29 is 14.8 Å². The van der Waals surface area contributed by atoms with Gasteiger partial charge in [-0.15, -0.1) is 0 Å². The highest BCUT2D eigenvalue weighted by atomic mass is 16.6. The summed E-state index contributed by atoms with van der Waals surface area (Å²) < 4.78 is 5.46. The Kier molecular flexibility index (Phi) is 3.10. The second-order valence-electron chi connectivity index (χ2n) is 5.90. The number of likely N-dealkylation sites (tertiary alicyclic amines) is 1. The minimum absolute atomic E-state index is 0.127. The first-order valence-electron chi connectivity index (χ1n) is 6.28. The third kappa shape index (κ3) is 2.48. The molecule has 2 aliphatic heterocycles. The number of carbonyl (C=O) groups excluding carboxylic acids is 1. The van der Waals surface area contributed by atoms with E-state index >= 15 is 0 Å². The molecule has 0 aromatic heterocycles. The van der Waals surface area contributed by atoms with Crippen LogP contribution in [0.25, 0.3) is 0 Å². The normalized spacial score (nSPS) is 30.1. The van der Waals surface area contributed by atoms with E-state index in [1.165, 1.54) is 13.0 Å². The second kappa shape index (κ2) is 4.24. The van der Waals surface area contributed by atoms with Crippen molar-refractivity contribution in [2.75, 3.05) is 19.6 Å². The van der Waals surface area contributed by atoms with E-state index in [0.29, 0.717) is 12.0 Å². The minimum Gasteiger partial charge on any atom is -0.444 e. The Bertz CT molecular complexity index is 273. The molecule has 0 bridgehead atoms. The number of amides is 1. The highest BCUT2D eigenvalue weighted by molar-refractivity contribution is 5.68. The molecule has 2 aliphatic rings. The lowest BCUT2D eigenvalue weighted by Crippen LogP contribution is -2.82. The largest absolute Gasteiger partial charge is 0.444 e. The smallest absolute Gasteiger partial charge is 0.410 e. The Morgan fingerprint density at radius 2 is 2.12 bits per heavy atom. The number of quaternary nitrogens is 1. The van der Waals surface area contributed by atoms with Gasteiger partial charge >= 0.3 is 6.09 Å². The predicted octanol–water partition coefficient (Wildman–Crippen LogP) is 0.579. The van der Waals surface area contributed by atoms with E-state index < -0.39 is 0 Å². The van der Waals surface area contributed by atoms with Gasteiger partial charge in [-0.3, -0.25) is 4.90 Å². The number of nitrogens with zero attached hydrogens (tertiary/aromatic N) is 1. The topological polar surface area (TPSA) is 46.1 Å². The first-order valence-corrected chi connectivity index (χ1v) is 6.28. The molecular weight excluding hydrogens is 204 g/mol. The Labute approximate surface area is 97.3 Å². The molecule has 2 atom stereocenters. The Morgan fingerprint density at radius 3 is 2.81 bits per heavy atom. The maximum absolute atomic E-state index is 12.0. The van der Waals surface area contributed by atoms with Gasteiger partial charge in [0.25, 0.3) is 0 Å². The highest BCUT2D eigenvalue weighted by Crippen LogP contribution is 2.25. The van der Waals surface area contributed by atoms with Gasteiger partial charge in [0, 0.05) is 12.5 Å². The molecule has 0 aromatic carbocycles. The van der Waals surface area contributed by atoms with Gasteiger partial charge in [0.1, 0.15) is 5.60 Å². The van der Waals surface area contributed by atoms with E-state index in [1.807, 2.05) is 25.7 Å². The number of hydrogen-bond donors (Lipinski definition) is 1. The fraction of sp³-hybridized carbons (Fsp3) is 0.917. The van der Waals surface area contributed by atoms with Crippen LogP contribution in [0, 0.1) is 5.92 Å². The van der Waals surface area contributed by atoms with Crippen LogP contribution in [0.15, 0.2) is 0 Å². The summed E-state index contributed by atoms with van der Waals surface area (Å²) in [7, 11) is 0. The molecule has 16 heavy (non-hydrogen) atoms. The lowest BCUT2D eigenvalue weighted by molar-refractivity contribution is -0.639. The van der Waals surface area contributed by atoms with Crippen LogP contribution in [0.1, 0.15) is 33.6 Å². The van der Waals surface area contributed by atoms with Crippen LogP contribution in [0.3, 0.4) is 0 Å². The Morgan fingerprint density at radius 1 is 1.38 bits per heavy atom. The van der Waals surface area contributed by atoms with Crippen LogP contribution in [-0.2, 0) is 4.74 Å². The van der Waals surface area contributed by atoms with E-state index in [4.69, 9.17) is 4.74 Å². The number of piperidine rings is 1. The van der Waals surface area contributed by atoms with E-state index in [9.17, 15) is 4.79 Å².